The maximum absolute atomic E-state index is 10.4. The molecule has 0 aliphatic carbocycles. The van der Waals surface area contributed by atoms with E-state index in [1.165, 1.54) is 0 Å². The van der Waals surface area contributed by atoms with Crippen LogP contribution in [0.4, 0.5) is 0 Å². The molecule has 114 valence electrons. The summed E-state index contributed by atoms with van der Waals surface area (Å²) in [5.41, 5.74) is -0.318. The lowest BCUT2D eigenvalue weighted by Gasteiger charge is -2.14. The number of hydrogen-bond donors (Lipinski definition) is 1. The van der Waals surface area contributed by atoms with Gasteiger partial charge in [-0.15, -0.1) is 0 Å². The van der Waals surface area contributed by atoms with E-state index in [-0.39, 0.29) is 11.5 Å². The summed E-state index contributed by atoms with van der Waals surface area (Å²) in [4.78, 5) is 20.0. The highest BCUT2D eigenvalue weighted by Crippen LogP contribution is 2.02. The summed E-state index contributed by atoms with van der Waals surface area (Å²) in [5.74, 6) is 0.214. The third-order valence-electron chi connectivity index (χ3n) is 1.79. The number of nitrogens with one attached hydrogen (secondary N) is 1. The van der Waals surface area contributed by atoms with E-state index in [9.17, 15) is 9.59 Å². The molecule has 0 atom stereocenters. The van der Waals surface area contributed by atoms with Gasteiger partial charge in [0.2, 0.25) is 5.91 Å². The summed E-state index contributed by atoms with van der Waals surface area (Å²) >= 11 is 0. The second-order valence-electron chi connectivity index (χ2n) is 4.83. The molecule has 0 bridgehead atoms. The second-order valence-corrected chi connectivity index (χ2v) is 4.83. The van der Waals surface area contributed by atoms with Gasteiger partial charge in [0.25, 0.3) is 6.47 Å². The molecular weight excluding hydrogens is 250 g/mol. The van der Waals surface area contributed by atoms with Crippen molar-refractivity contribution in [2.45, 2.75) is 45.6 Å². The Morgan fingerprint density at radius 1 is 1.21 bits per heavy atom. The Labute approximate surface area is 115 Å². The van der Waals surface area contributed by atoms with Crippen LogP contribution in [-0.4, -0.2) is 45.5 Å². The van der Waals surface area contributed by atoms with Crippen molar-refractivity contribution in [2.24, 2.45) is 0 Å². The molecule has 1 amide bonds. The Balaban J connectivity index is 0. The summed E-state index contributed by atoms with van der Waals surface area (Å²) in [5, 5.41) is 2.74. The molecule has 0 radical (unpaired) electrons. The Bertz CT molecular complexity index is 216. The van der Waals surface area contributed by atoms with Gasteiger partial charge in [-0.25, -0.2) is 0 Å². The Morgan fingerprint density at radius 3 is 1.89 bits per heavy atom. The van der Waals surface area contributed by atoms with Gasteiger partial charge in [-0.2, -0.15) is 0 Å². The Kier molecular flexibility index (Phi) is 14.1. The molecule has 6 heteroatoms. The van der Waals surface area contributed by atoms with Gasteiger partial charge in [-0.1, -0.05) is 0 Å². The molecule has 1 heterocycles. The van der Waals surface area contributed by atoms with Crippen LogP contribution in [0.5, 0.6) is 0 Å². The molecule has 0 aromatic rings. The summed E-state index contributed by atoms with van der Waals surface area (Å²) in [6, 6.07) is 0. The average Bonchev–Trinajstić information content (AvgIpc) is 2.31. The van der Waals surface area contributed by atoms with Gasteiger partial charge >= 0.3 is 0 Å². The van der Waals surface area contributed by atoms with Crippen LogP contribution in [0.1, 0.15) is 40.0 Å². The standard InChI is InChI=1S/C5H9NO.C5H10O2.C3H8O2/c7-5-3-1-2-4-6-5;1-5(2,3)7-4-6;1-4-3-5-2/h1-4H2,(H,6,7);4H,1-3H3;3H2,1-2H3. The van der Waals surface area contributed by atoms with Gasteiger partial charge in [0.05, 0.1) is 0 Å². The Hall–Kier alpha value is -1.14. The van der Waals surface area contributed by atoms with Crippen molar-refractivity contribution in [2.75, 3.05) is 27.6 Å². The number of carbonyl (C=O) groups is 2. The molecule has 0 aromatic carbocycles. The van der Waals surface area contributed by atoms with Crippen LogP contribution >= 0.6 is 0 Å². The lowest BCUT2D eigenvalue weighted by atomic mass is 10.2. The zero-order valence-corrected chi connectivity index (χ0v) is 12.7. The average molecular weight is 277 g/mol. The summed E-state index contributed by atoms with van der Waals surface area (Å²) in [7, 11) is 3.17. The van der Waals surface area contributed by atoms with Crippen LogP contribution in [0.25, 0.3) is 0 Å². The predicted octanol–water partition coefficient (Wildman–Crippen LogP) is 1.48. The van der Waals surface area contributed by atoms with Crippen molar-refractivity contribution in [3.05, 3.63) is 0 Å². The highest BCUT2D eigenvalue weighted by atomic mass is 16.6. The first-order chi connectivity index (χ1) is 8.87. The van der Waals surface area contributed by atoms with Crippen molar-refractivity contribution in [1.29, 1.82) is 0 Å². The lowest BCUT2D eigenvalue weighted by Crippen LogP contribution is -2.28. The van der Waals surface area contributed by atoms with E-state index in [1.807, 2.05) is 20.8 Å². The summed E-state index contributed by atoms with van der Waals surface area (Å²) < 4.78 is 13.5. The minimum absolute atomic E-state index is 0.214. The molecule has 1 rings (SSSR count). The molecule has 0 saturated carbocycles. The monoisotopic (exact) mass is 277 g/mol. The van der Waals surface area contributed by atoms with E-state index in [0.717, 1.165) is 25.8 Å². The minimum atomic E-state index is -0.318. The van der Waals surface area contributed by atoms with Crippen molar-refractivity contribution >= 4 is 12.4 Å². The number of ether oxygens (including phenoxy) is 3. The van der Waals surface area contributed by atoms with Gasteiger partial charge in [0, 0.05) is 27.2 Å². The topological polar surface area (TPSA) is 73.9 Å². The van der Waals surface area contributed by atoms with Crippen LogP contribution in [0, 0.1) is 0 Å². The highest BCUT2D eigenvalue weighted by Gasteiger charge is 2.07. The van der Waals surface area contributed by atoms with E-state index in [2.05, 4.69) is 19.5 Å². The molecule has 1 fully saturated rings. The second kappa shape index (κ2) is 13.3. The fraction of sp³-hybridized carbons (Fsp3) is 0.846. The van der Waals surface area contributed by atoms with Crippen LogP contribution in [0.15, 0.2) is 0 Å². The fourth-order valence-corrected chi connectivity index (χ4v) is 0.989. The van der Waals surface area contributed by atoms with E-state index >= 15 is 0 Å². The van der Waals surface area contributed by atoms with Gasteiger partial charge in [-0.3, -0.25) is 9.59 Å². The molecule has 1 saturated heterocycles. The van der Waals surface area contributed by atoms with Crippen LogP contribution < -0.4 is 5.32 Å². The van der Waals surface area contributed by atoms with E-state index in [0.29, 0.717) is 13.3 Å². The van der Waals surface area contributed by atoms with Gasteiger partial charge in [0.15, 0.2) is 0 Å². The summed E-state index contributed by atoms with van der Waals surface area (Å²) in [6.45, 7) is 7.20. The van der Waals surface area contributed by atoms with Crippen molar-refractivity contribution in [3.8, 4) is 0 Å². The number of rotatable bonds is 3. The molecular formula is C13H27NO5. The SMILES string of the molecule is CC(C)(C)OC=O.COCOC.O=C1CCCCN1. The summed E-state index contributed by atoms with van der Waals surface area (Å²) in [6.07, 6.45) is 2.97. The molecule has 6 nitrogen and oxygen atoms in total. The smallest absolute Gasteiger partial charge is 0.293 e. The number of piperidine rings is 1. The largest absolute Gasteiger partial charge is 0.462 e. The first kappa shape index (κ1) is 20.2. The molecule has 1 aliphatic rings. The number of hydrogen-bond acceptors (Lipinski definition) is 5. The molecule has 0 unspecified atom stereocenters. The molecule has 0 spiro atoms. The zero-order valence-electron chi connectivity index (χ0n) is 12.7. The Morgan fingerprint density at radius 2 is 1.79 bits per heavy atom. The normalized spacial score (nSPS) is 14.1. The molecule has 1 N–H and O–H groups in total. The molecule has 0 aromatic heterocycles. The minimum Gasteiger partial charge on any atom is -0.462 e. The quantitative estimate of drug-likeness (QED) is 0.625. The predicted molar refractivity (Wildman–Crippen MR) is 72.6 cm³/mol. The van der Waals surface area contributed by atoms with E-state index in [4.69, 9.17) is 0 Å². The number of amides is 1. The van der Waals surface area contributed by atoms with E-state index < -0.39 is 0 Å². The number of methoxy groups -OCH3 is 2. The van der Waals surface area contributed by atoms with Crippen molar-refractivity contribution in [3.63, 3.8) is 0 Å². The fourth-order valence-electron chi connectivity index (χ4n) is 0.989. The van der Waals surface area contributed by atoms with E-state index in [1.54, 1.807) is 14.2 Å². The van der Waals surface area contributed by atoms with Crippen LogP contribution in [0.2, 0.25) is 0 Å². The number of carbonyl (C=O) groups excluding carboxylic acids is 2. The first-order valence-electron chi connectivity index (χ1n) is 6.23. The third-order valence-corrected chi connectivity index (χ3v) is 1.79. The zero-order chi connectivity index (χ0) is 15.1. The maximum Gasteiger partial charge on any atom is 0.293 e. The highest BCUT2D eigenvalue weighted by molar-refractivity contribution is 5.76. The van der Waals surface area contributed by atoms with Crippen molar-refractivity contribution < 1.29 is 23.8 Å². The first-order valence-corrected chi connectivity index (χ1v) is 6.23. The van der Waals surface area contributed by atoms with Gasteiger partial charge in [0.1, 0.15) is 12.4 Å². The van der Waals surface area contributed by atoms with Crippen LogP contribution in [0.3, 0.4) is 0 Å². The molecule has 1 aliphatic heterocycles. The molecule has 19 heavy (non-hydrogen) atoms. The van der Waals surface area contributed by atoms with Gasteiger partial charge < -0.3 is 19.5 Å². The maximum atomic E-state index is 10.4. The lowest BCUT2D eigenvalue weighted by molar-refractivity contribution is -0.138. The van der Waals surface area contributed by atoms with Crippen LogP contribution in [-0.2, 0) is 23.8 Å². The van der Waals surface area contributed by atoms with Crippen molar-refractivity contribution in [1.82, 2.24) is 5.32 Å². The third kappa shape index (κ3) is 22.5. The van der Waals surface area contributed by atoms with Gasteiger partial charge in [-0.05, 0) is 33.6 Å².